The number of amides is 1. The summed E-state index contributed by atoms with van der Waals surface area (Å²) in [6, 6.07) is 7.29. The monoisotopic (exact) mass is 309 g/mol. The van der Waals surface area contributed by atoms with E-state index < -0.39 is 0 Å². The number of nitrogens with two attached hydrogens (primary N) is 1. The molecule has 3 N–H and O–H groups in total. The van der Waals surface area contributed by atoms with Crippen LogP contribution >= 0.6 is 22.9 Å². The van der Waals surface area contributed by atoms with Crippen molar-refractivity contribution in [2.75, 3.05) is 0 Å². The molecule has 20 heavy (non-hydrogen) atoms. The Hall–Kier alpha value is -1.43. The van der Waals surface area contributed by atoms with Gasteiger partial charge in [-0.15, -0.1) is 11.3 Å². The number of thiazole rings is 1. The van der Waals surface area contributed by atoms with Crippen molar-refractivity contribution < 1.29 is 4.79 Å². The van der Waals surface area contributed by atoms with Crippen molar-refractivity contribution >= 4 is 28.8 Å². The van der Waals surface area contributed by atoms with Gasteiger partial charge in [0.15, 0.2) is 0 Å². The van der Waals surface area contributed by atoms with Crippen molar-refractivity contribution in [1.82, 2.24) is 10.3 Å². The molecule has 2 rings (SSSR count). The smallest absolute Gasteiger partial charge is 0.226 e. The number of aromatic nitrogens is 1. The molecule has 1 amide bonds. The highest BCUT2D eigenvalue weighted by atomic mass is 35.5. The Kier molecular flexibility index (Phi) is 5.11. The van der Waals surface area contributed by atoms with Gasteiger partial charge in [-0.2, -0.15) is 0 Å². The van der Waals surface area contributed by atoms with Crippen LogP contribution in [0.4, 0.5) is 0 Å². The van der Waals surface area contributed by atoms with E-state index >= 15 is 0 Å². The maximum Gasteiger partial charge on any atom is 0.226 e. The Morgan fingerprint density at radius 2 is 2.15 bits per heavy atom. The minimum absolute atomic E-state index is 0.0542. The summed E-state index contributed by atoms with van der Waals surface area (Å²) >= 11 is 7.29. The van der Waals surface area contributed by atoms with E-state index in [2.05, 4.69) is 10.3 Å². The molecule has 0 fully saturated rings. The van der Waals surface area contributed by atoms with E-state index in [9.17, 15) is 4.79 Å². The van der Waals surface area contributed by atoms with Crippen LogP contribution in [0.1, 0.15) is 29.2 Å². The maximum absolute atomic E-state index is 11.8. The molecule has 0 bridgehead atoms. The molecule has 2 aromatic rings. The summed E-state index contributed by atoms with van der Waals surface area (Å²) in [6.45, 7) is 2.36. The van der Waals surface area contributed by atoms with Crippen molar-refractivity contribution in [3.63, 3.8) is 0 Å². The molecule has 6 heteroatoms. The molecule has 0 aliphatic carbocycles. The van der Waals surface area contributed by atoms with Gasteiger partial charge in [0.25, 0.3) is 0 Å². The fourth-order valence-electron chi connectivity index (χ4n) is 1.64. The van der Waals surface area contributed by atoms with Crippen LogP contribution in [0.3, 0.4) is 0 Å². The summed E-state index contributed by atoms with van der Waals surface area (Å²) in [6.07, 6.45) is 0.275. The number of carbonyl (C=O) groups excluding carboxylic acids is 1. The second kappa shape index (κ2) is 6.83. The zero-order chi connectivity index (χ0) is 14.5. The van der Waals surface area contributed by atoms with E-state index in [1.807, 2.05) is 24.4 Å². The molecule has 0 aliphatic rings. The number of carbonyl (C=O) groups is 1. The summed E-state index contributed by atoms with van der Waals surface area (Å²) in [4.78, 5) is 16.2. The van der Waals surface area contributed by atoms with E-state index in [0.29, 0.717) is 11.6 Å². The molecule has 106 valence electrons. The molecule has 0 saturated carbocycles. The average Bonchev–Trinajstić information content (AvgIpc) is 2.87. The Labute approximate surface area is 127 Å². The molecular weight excluding hydrogens is 294 g/mol. The molecular formula is C14H16ClN3OS. The van der Waals surface area contributed by atoms with Crippen molar-refractivity contribution in [3.8, 4) is 0 Å². The molecule has 0 radical (unpaired) electrons. The highest BCUT2D eigenvalue weighted by molar-refractivity contribution is 7.09. The third kappa shape index (κ3) is 4.30. The Balaban J connectivity index is 1.84. The van der Waals surface area contributed by atoms with Crippen LogP contribution < -0.4 is 11.1 Å². The van der Waals surface area contributed by atoms with Crippen molar-refractivity contribution in [2.45, 2.75) is 25.9 Å². The standard InChI is InChI=1S/C14H16ClN3OS/c1-9(16)14-18-12(8-20-14)6-13(19)17-7-10-2-4-11(15)5-3-10/h2-5,8-9H,6-7,16H2,1H3,(H,17,19). The molecule has 1 aromatic carbocycles. The normalized spacial score (nSPS) is 12.2. The summed E-state index contributed by atoms with van der Waals surface area (Å²) in [5, 5.41) is 6.27. The predicted octanol–water partition coefficient (Wildman–Crippen LogP) is 2.68. The van der Waals surface area contributed by atoms with E-state index in [1.54, 1.807) is 12.1 Å². The number of rotatable bonds is 5. The van der Waals surface area contributed by atoms with E-state index in [0.717, 1.165) is 16.3 Å². The van der Waals surface area contributed by atoms with Gasteiger partial charge in [0.1, 0.15) is 5.01 Å². The lowest BCUT2D eigenvalue weighted by atomic mass is 10.2. The lowest BCUT2D eigenvalue weighted by molar-refractivity contribution is -0.120. The fourth-order valence-corrected chi connectivity index (χ4v) is 2.55. The van der Waals surface area contributed by atoms with Gasteiger partial charge in [-0.25, -0.2) is 4.98 Å². The Bertz CT molecular complexity index is 580. The first-order valence-electron chi connectivity index (χ1n) is 6.25. The topological polar surface area (TPSA) is 68.0 Å². The van der Waals surface area contributed by atoms with Gasteiger partial charge in [0.05, 0.1) is 18.2 Å². The lowest BCUT2D eigenvalue weighted by Gasteiger charge is -2.04. The highest BCUT2D eigenvalue weighted by Gasteiger charge is 2.09. The lowest BCUT2D eigenvalue weighted by Crippen LogP contribution is -2.24. The third-order valence-corrected chi connectivity index (χ3v) is 4.05. The summed E-state index contributed by atoms with van der Waals surface area (Å²) in [5.41, 5.74) is 7.51. The molecule has 1 atom stereocenters. The minimum atomic E-state index is -0.0918. The van der Waals surface area contributed by atoms with Crippen LogP contribution in [0.15, 0.2) is 29.6 Å². The second-order valence-corrected chi connectivity index (χ2v) is 5.87. The zero-order valence-corrected chi connectivity index (χ0v) is 12.7. The van der Waals surface area contributed by atoms with Gasteiger partial charge in [-0.1, -0.05) is 23.7 Å². The predicted molar refractivity (Wildman–Crippen MR) is 81.7 cm³/mol. The Morgan fingerprint density at radius 3 is 2.75 bits per heavy atom. The number of benzene rings is 1. The summed E-state index contributed by atoms with van der Waals surface area (Å²) in [5.74, 6) is -0.0542. The SMILES string of the molecule is CC(N)c1nc(CC(=O)NCc2ccc(Cl)cc2)cs1. The molecule has 0 saturated heterocycles. The number of hydrogen-bond acceptors (Lipinski definition) is 4. The summed E-state index contributed by atoms with van der Waals surface area (Å²) in [7, 11) is 0. The van der Waals surface area contributed by atoms with Gasteiger partial charge in [-0.3, -0.25) is 4.79 Å². The fraction of sp³-hybridized carbons (Fsp3) is 0.286. The van der Waals surface area contributed by atoms with Gasteiger partial charge < -0.3 is 11.1 Å². The zero-order valence-electron chi connectivity index (χ0n) is 11.1. The van der Waals surface area contributed by atoms with Crippen molar-refractivity contribution in [2.24, 2.45) is 5.73 Å². The van der Waals surface area contributed by atoms with Crippen LogP contribution in [0.25, 0.3) is 0 Å². The quantitative estimate of drug-likeness (QED) is 0.892. The van der Waals surface area contributed by atoms with Gasteiger partial charge >= 0.3 is 0 Å². The number of halogens is 1. The van der Waals surface area contributed by atoms with Crippen LogP contribution in [0.2, 0.25) is 5.02 Å². The molecule has 1 heterocycles. The van der Waals surface area contributed by atoms with Crippen LogP contribution in [0.5, 0.6) is 0 Å². The average molecular weight is 310 g/mol. The Morgan fingerprint density at radius 1 is 1.45 bits per heavy atom. The maximum atomic E-state index is 11.8. The first kappa shape index (κ1) is 15.0. The third-order valence-electron chi connectivity index (χ3n) is 2.70. The highest BCUT2D eigenvalue weighted by Crippen LogP contribution is 2.16. The number of hydrogen-bond donors (Lipinski definition) is 2. The molecule has 0 aliphatic heterocycles. The second-order valence-electron chi connectivity index (χ2n) is 4.55. The van der Waals surface area contributed by atoms with Gasteiger partial charge in [-0.05, 0) is 24.6 Å². The minimum Gasteiger partial charge on any atom is -0.352 e. The molecule has 1 unspecified atom stereocenters. The van der Waals surface area contributed by atoms with Crippen molar-refractivity contribution in [1.29, 1.82) is 0 Å². The summed E-state index contributed by atoms with van der Waals surface area (Å²) < 4.78 is 0. The largest absolute Gasteiger partial charge is 0.352 e. The van der Waals surface area contributed by atoms with E-state index in [-0.39, 0.29) is 18.4 Å². The van der Waals surface area contributed by atoms with Gasteiger partial charge in [0.2, 0.25) is 5.91 Å². The van der Waals surface area contributed by atoms with Crippen LogP contribution in [0, 0.1) is 0 Å². The number of nitrogens with one attached hydrogen (secondary N) is 1. The van der Waals surface area contributed by atoms with E-state index in [1.165, 1.54) is 11.3 Å². The van der Waals surface area contributed by atoms with E-state index in [4.69, 9.17) is 17.3 Å². The molecule has 1 aromatic heterocycles. The number of nitrogens with zero attached hydrogens (tertiary/aromatic N) is 1. The first-order valence-corrected chi connectivity index (χ1v) is 7.51. The van der Waals surface area contributed by atoms with Crippen molar-refractivity contribution in [3.05, 3.63) is 50.9 Å². The van der Waals surface area contributed by atoms with Crippen LogP contribution in [-0.4, -0.2) is 10.9 Å². The van der Waals surface area contributed by atoms with Gasteiger partial charge in [0, 0.05) is 16.9 Å². The first-order chi connectivity index (χ1) is 9.54. The van der Waals surface area contributed by atoms with Crippen LogP contribution in [-0.2, 0) is 17.8 Å². The molecule has 4 nitrogen and oxygen atoms in total. The molecule has 0 spiro atoms.